The number of aliphatic carboxylic acids is 1. The van der Waals surface area contributed by atoms with E-state index in [1.165, 1.54) is 63.1 Å². The first-order chi connectivity index (χ1) is 19.2. The molecule has 0 aliphatic rings. The van der Waals surface area contributed by atoms with Gasteiger partial charge in [0.25, 0.3) is 5.89 Å². The first-order valence-electron chi connectivity index (χ1n) is 13.8. The zero-order chi connectivity index (χ0) is 29.0. The van der Waals surface area contributed by atoms with Crippen molar-refractivity contribution < 1.29 is 32.4 Å². The highest BCUT2D eigenvalue weighted by Crippen LogP contribution is 2.32. The minimum Gasteiger partial charge on any atom is -0.474 e. The van der Waals surface area contributed by atoms with Gasteiger partial charge in [-0.3, -0.25) is 4.79 Å². The number of aromatic nitrogens is 2. The van der Waals surface area contributed by atoms with Gasteiger partial charge in [0.1, 0.15) is 0 Å². The SMILES string of the molecule is CCCCCCCCCCCc1noc(-c2ccc(CN(Cc3ccccc3C(F)(F)F)C(=O)C(=O)O)cc2)n1. The zero-order valence-corrected chi connectivity index (χ0v) is 22.8. The van der Waals surface area contributed by atoms with Crippen molar-refractivity contribution in [2.75, 3.05) is 0 Å². The first kappa shape index (κ1) is 30.8. The molecule has 3 rings (SSSR count). The largest absolute Gasteiger partial charge is 0.474 e. The molecule has 0 unspecified atom stereocenters. The molecule has 10 heteroatoms. The number of aryl methyl sites for hydroxylation is 1. The van der Waals surface area contributed by atoms with Gasteiger partial charge < -0.3 is 14.5 Å². The van der Waals surface area contributed by atoms with Crippen molar-refractivity contribution in [1.82, 2.24) is 15.0 Å². The van der Waals surface area contributed by atoms with Gasteiger partial charge in [0.2, 0.25) is 0 Å². The van der Waals surface area contributed by atoms with Crippen molar-refractivity contribution >= 4 is 11.9 Å². The second-order valence-corrected chi connectivity index (χ2v) is 9.91. The molecule has 1 aromatic heterocycles. The fraction of sp³-hybridized carbons (Fsp3) is 0.467. The summed E-state index contributed by atoms with van der Waals surface area (Å²) in [5.74, 6) is -2.07. The third-order valence-corrected chi connectivity index (χ3v) is 6.70. The van der Waals surface area contributed by atoms with Crippen molar-refractivity contribution in [1.29, 1.82) is 0 Å². The van der Waals surface area contributed by atoms with Gasteiger partial charge >= 0.3 is 18.1 Å². The van der Waals surface area contributed by atoms with Gasteiger partial charge in [-0.2, -0.15) is 18.2 Å². The Labute approximate surface area is 232 Å². The van der Waals surface area contributed by atoms with Crippen LogP contribution in [0.25, 0.3) is 11.5 Å². The maximum atomic E-state index is 13.4. The van der Waals surface area contributed by atoms with E-state index in [1.807, 2.05) is 0 Å². The van der Waals surface area contributed by atoms with Gasteiger partial charge in [-0.1, -0.05) is 93.8 Å². The fourth-order valence-electron chi connectivity index (χ4n) is 4.51. The summed E-state index contributed by atoms with van der Waals surface area (Å²) in [5.41, 5.74) is 0.0834. The van der Waals surface area contributed by atoms with Gasteiger partial charge in [-0.05, 0) is 35.7 Å². The molecule has 216 valence electrons. The highest BCUT2D eigenvalue weighted by Gasteiger charge is 2.34. The molecule has 2 aromatic carbocycles. The maximum absolute atomic E-state index is 13.4. The summed E-state index contributed by atoms with van der Waals surface area (Å²) >= 11 is 0. The van der Waals surface area contributed by atoms with E-state index in [0.29, 0.717) is 22.8 Å². The quantitative estimate of drug-likeness (QED) is 0.154. The van der Waals surface area contributed by atoms with E-state index in [-0.39, 0.29) is 12.1 Å². The molecule has 0 atom stereocenters. The molecule has 1 amide bonds. The van der Waals surface area contributed by atoms with Crippen molar-refractivity contribution in [2.24, 2.45) is 0 Å². The number of amides is 1. The molecule has 7 nitrogen and oxygen atoms in total. The molecule has 0 aliphatic heterocycles. The maximum Gasteiger partial charge on any atom is 0.416 e. The van der Waals surface area contributed by atoms with Gasteiger partial charge in [0, 0.05) is 25.1 Å². The number of unbranched alkanes of at least 4 members (excludes halogenated alkanes) is 8. The zero-order valence-electron chi connectivity index (χ0n) is 22.8. The van der Waals surface area contributed by atoms with Crippen molar-refractivity contribution in [3.63, 3.8) is 0 Å². The van der Waals surface area contributed by atoms with Gasteiger partial charge in [0.05, 0.1) is 5.56 Å². The van der Waals surface area contributed by atoms with Crippen LogP contribution in [0, 0.1) is 0 Å². The Bertz CT molecular complexity index is 1230. The lowest BCUT2D eigenvalue weighted by Crippen LogP contribution is -2.36. The summed E-state index contributed by atoms with van der Waals surface area (Å²) in [6.07, 6.45) is 7.11. The van der Waals surface area contributed by atoms with E-state index in [4.69, 9.17) is 4.52 Å². The van der Waals surface area contributed by atoms with Crippen LogP contribution >= 0.6 is 0 Å². The molecule has 1 heterocycles. The molecule has 0 saturated carbocycles. The number of carboxylic acid groups (broad SMARTS) is 1. The summed E-state index contributed by atoms with van der Waals surface area (Å²) in [6.45, 7) is 1.52. The Kier molecular flexibility index (Phi) is 11.7. The monoisotopic (exact) mass is 559 g/mol. The summed E-state index contributed by atoms with van der Waals surface area (Å²) < 4.78 is 45.6. The van der Waals surface area contributed by atoms with E-state index in [1.54, 1.807) is 24.3 Å². The Morgan fingerprint density at radius 2 is 1.50 bits per heavy atom. The van der Waals surface area contributed by atoms with E-state index < -0.39 is 30.2 Å². The standard InChI is InChI=1S/C30H36F3N3O4/c1-2-3-4-5-6-7-8-9-10-15-26-34-27(40-35-26)23-18-16-22(17-19-23)20-36(28(37)29(38)39)21-24-13-11-12-14-25(24)30(31,32)33/h11-14,16-19H,2-10,15,20-21H2,1H3,(H,38,39). The predicted molar refractivity (Wildman–Crippen MR) is 144 cm³/mol. The highest BCUT2D eigenvalue weighted by molar-refractivity contribution is 6.31. The second kappa shape index (κ2) is 15.2. The molecule has 0 fully saturated rings. The Balaban J connectivity index is 1.57. The van der Waals surface area contributed by atoms with Crippen LogP contribution in [0.1, 0.15) is 87.2 Å². The predicted octanol–water partition coefficient (Wildman–Crippen LogP) is 7.44. The molecule has 0 radical (unpaired) electrons. The summed E-state index contributed by atoms with van der Waals surface area (Å²) in [5, 5.41) is 13.3. The van der Waals surface area contributed by atoms with Gasteiger partial charge in [-0.15, -0.1) is 0 Å². The molecule has 0 bridgehead atoms. The van der Waals surface area contributed by atoms with Crippen LogP contribution in [0.2, 0.25) is 0 Å². The van der Waals surface area contributed by atoms with Crippen molar-refractivity contribution in [3.8, 4) is 11.5 Å². The normalized spacial score (nSPS) is 11.5. The number of benzene rings is 2. The van der Waals surface area contributed by atoms with Crippen molar-refractivity contribution in [2.45, 2.75) is 90.4 Å². The van der Waals surface area contributed by atoms with Crippen LogP contribution in [0.3, 0.4) is 0 Å². The molecule has 0 aliphatic carbocycles. The number of carbonyl (C=O) groups excluding carboxylic acids is 1. The summed E-state index contributed by atoms with van der Waals surface area (Å²) in [6, 6.07) is 11.5. The lowest BCUT2D eigenvalue weighted by molar-refractivity contribution is -0.156. The van der Waals surface area contributed by atoms with Crippen LogP contribution in [-0.4, -0.2) is 32.0 Å². The topological polar surface area (TPSA) is 96.5 Å². The lowest BCUT2D eigenvalue weighted by Gasteiger charge is -2.23. The van der Waals surface area contributed by atoms with Crippen LogP contribution in [0.4, 0.5) is 13.2 Å². The molecule has 0 spiro atoms. The number of nitrogens with zero attached hydrogens (tertiary/aromatic N) is 3. The molecule has 0 saturated heterocycles. The number of rotatable bonds is 15. The van der Waals surface area contributed by atoms with Gasteiger partial charge in [-0.25, -0.2) is 4.79 Å². The second-order valence-electron chi connectivity index (χ2n) is 9.91. The van der Waals surface area contributed by atoms with Crippen LogP contribution in [-0.2, 0) is 35.3 Å². The van der Waals surface area contributed by atoms with E-state index in [9.17, 15) is 27.9 Å². The average Bonchev–Trinajstić information content (AvgIpc) is 3.40. The van der Waals surface area contributed by atoms with Crippen LogP contribution < -0.4 is 0 Å². The van der Waals surface area contributed by atoms with E-state index in [2.05, 4.69) is 17.1 Å². The third-order valence-electron chi connectivity index (χ3n) is 6.70. The molecule has 1 N–H and O–H groups in total. The minimum absolute atomic E-state index is 0.188. The summed E-state index contributed by atoms with van der Waals surface area (Å²) in [7, 11) is 0. The van der Waals surface area contributed by atoms with Crippen LogP contribution in [0.15, 0.2) is 53.1 Å². The number of alkyl halides is 3. The fourth-order valence-corrected chi connectivity index (χ4v) is 4.51. The van der Waals surface area contributed by atoms with E-state index in [0.717, 1.165) is 30.2 Å². The smallest absolute Gasteiger partial charge is 0.416 e. The summed E-state index contributed by atoms with van der Waals surface area (Å²) in [4.78, 5) is 29.0. The van der Waals surface area contributed by atoms with Crippen molar-refractivity contribution in [3.05, 3.63) is 71.0 Å². The molecule has 40 heavy (non-hydrogen) atoms. The number of carbonyl (C=O) groups is 2. The number of hydrogen-bond acceptors (Lipinski definition) is 5. The van der Waals surface area contributed by atoms with Gasteiger partial charge in [0.15, 0.2) is 5.82 Å². The van der Waals surface area contributed by atoms with E-state index >= 15 is 0 Å². The Hall–Kier alpha value is -3.69. The number of hydrogen-bond donors (Lipinski definition) is 1. The first-order valence-corrected chi connectivity index (χ1v) is 13.8. The van der Waals surface area contributed by atoms with Crippen LogP contribution in [0.5, 0.6) is 0 Å². The Morgan fingerprint density at radius 1 is 0.875 bits per heavy atom. The third kappa shape index (κ3) is 9.50. The highest BCUT2D eigenvalue weighted by atomic mass is 19.4. The minimum atomic E-state index is -4.63. The molecular formula is C30H36F3N3O4. The Morgan fingerprint density at radius 3 is 2.12 bits per heavy atom. The average molecular weight is 560 g/mol. The molecular weight excluding hydrogens is 523 g/mol. The number of halogens is 3. The lowest BCUT2D eigenvalue weighted by atomic mass is 10.1. The number of carboxylic acids is 1. The molecule has 3 aromatic rings.